The van der Waals surface area contributed by atoms with E-state index in [9.17, 15) is 9.59 Å². The Labute approximate surface area is 152 Å². The van der Waals surface area contributed by atoms with E-state index in [1.165, 1.54) is 0 Å². The monoisotopic (exact) mass is 357 g/mol. The maximum Gasteiger partial charge on any atom is 0.240 e. The predicted molar refractivity (Wildman–Crippen MR) is 101 cm³/mol. The molecule has 0 saturated carbocycles. The van der Waals surface area contributed by atoms with Crippen LogP contribution < -0.4 is 10.7 Å². The van der Waals surface area contributed by atoms with Crippen LogP contribution in [-0.4, -0.2) is 17.5 Å². The van der Waals surface area contributed by atoms with Gasteiger partial charge in [-0.25, -0.2) is 5.43 Å². The molecule has 0 aliphatic heterocycles. The van der Waals surface area contributed by atoms with Crippen LogP contribution in [0, 0.1) is 0 Å². The van der Waals surface area contributed by atoms with Gasteiger partial charge in [0.05, 0.1) is 16.4 Å². The Hall–Kier alpha value is -2.66. The number of hydrazone groups is 1. The molecule has 6 heteroatoms. The van der Waals surface area contributed by atoms with Gasteiger partial charge in [0.1, 0.15) is 0 Å². The van der Waals surface area contributed by atoms with Gasteiger partial charge in [-0.1, -0.05) is 61.0 Å². The van der Waals surface area contributed by atoms with Gasteiger partial charge in [-0.2, -0.15) is 5.10 Å². The molecule has 0 heterocycles. The van der Waals surface area contributed by atoms with E-state index < -0.39 is 0 Å². The lowest BCUT2D eigenvalue weighted by atomic mass is 10.1. The van der Waals surface area contributed by atoms with Gasteiger partial charge in [0.2, 0.25) is 11.8 Å². The Balaban J connectivity index is 1.83. The number of hydrogen-bond donors (Lipinski definition) is 2. The Morgan fingerprint density at radius 2 is 1.60 bits per heavy atom. The van der Waals surface area contributed by atoms with Crippen molar-refractivity contribution in [2.45, 2.75) is 26.2 Å². The summed E-state index contributed by atoms with van der Waals surface area (Å²) < 4.78 is 0. The lowest BCUT2D eigenvalue weighted by molar-refractivity contribution is -0.124. The molecule has 2 aromatic carbocycles. The second kappa shape index (κ2) is 9.59. The first kappa shape index (κ1) is 18.7. The van der Waals surface area contributed by atoms with E-state index in [0.29, 0.717) is 17.1 Å². The minimum Gasteiger partial charge on any atom is -0.325 e. The van der Waals surface area contributed by atoms with Crippen LogP contribution in [0.2, 0.25) is 5.02 Å². The van der Waals surface area contributed by atoms with E-state index in [-0.39, 0.29) is 24.7 Å². The largest absolute Gasteiger partial charge is 0.325 e. The number of para-hydroxylation sites is 1. The van der Waals surface area contributed by atoms with Crippen LogP contribution in [0.3, 0.4) is 0 Å². The molecule has 25 heavy (non-hydrogen) atoms. The molecule has 0 saturated heterocycles. The molecule has 2 aromatic rings. The molecule has 0 aromatic heterocycles. The lowest BCUT2D eigenvalue weighted by Gasteiger charge is -2.07. The summed E-state index contributed by atoms with van der Waals surface area (Å²) in [4.78, 5) is 23.8. The van der Waals surface area contributed by atoms with Gasteiger partial charge in [-0.05, 0) is 24.1 Å². The fourth-order valence-corrected chi connectivity index (χ4v) is 2.35. The molecule has 2 N–H and O–H groups in total. The standard InChI is InChI=1S/C19H20ClN3O2/c1-2-16(14-8-4-3-5-9-14)22-23-19(25)13-12-18(24)21-17-11-7-6-10-15(17)20/h3-11H,2,12-13H2,1H3,(H,21,24)(H,23,25). The number of carbonyl (C=O) groups excluding carboxylic acids is 2. The van der Waals surface area contributed by atoms with Crippen molar-refractivity contribution < 1.29 is 9.59 Å². The van der Waals surface area contributed by atoms with Crippen molar-refractivity contribution in [1.82, 2.24) is 5.43 Å². The first-order chi connectivity index (χ1) is 12.1. The first-order valence-electron chi connectivity index (χ1n) is 8.05. The Kier molecular flexibility index (Phi) is 7.16. The molecule has 2 rings (SSSR count). The smallest absolute Gasteiger partial charge is 0.240 e. The molecule has 0 bridgehead atoms. The molecule has 0 aliphatic carbocycles. The van der Waals surface area contributed by atoms with Crippen molar-refractivity contribution >= 4 is 34.8 Å². The molecule has 0 atom stereocenters. The lowest BCUT2D eigenvalue weighted by Crippen LogP contribution is -2.22. The fraction of sp³-hybridized carbons (Fsp3) is 0.211. The highest BCUT2D eigenvalue weighted by atomic mass is 35.5. The minimum atomic E-state index is -0.309. The zero-order valence-corrected chi connectivity index (χ0v) is 14.7. The van der Waals surface area contributed by atoms with Gasteiger partial charge in [0.25, 0.3) is 0 Å². The summed E-state index contributed by atoms with van der Waals surface area (Å²) in [6.07, 6.45) is 0.794. The van der Waals surface area contributed by atoms with E-state index in [1.54, 1.807) is 24.3 Å². The van der Waals surface area contributed by atoms with Gasteiger partial charge < -0.3 is 5.32 Å². The SMILES string of the molecule is CCC(=NNC(=O)CCC(=O)Nc1ccccc1Cl)c1ccccc1. The number of anilines is 1. The second-order valence-electron chi connectivity index (χ2n) is 5.34. The van der Waals surface area contributed by atoms with Crippen LogP contribution in [0.15, 0.2) is 59.7 Å². The van der Waals surface area contributed by atoms with Crippen molar-refractivity contribution in [1.29, 1.82) is 0 Å². The molecule has 0 spiro atoms. The topological polar surface area (TPSA) is 70.6 Å². The van der Waals surface area contributed by atoms with E-state index in [1.807, 2.05) is 37.3 Å². The van der Waals surface area contributed by atoms with Crippen LogP contribution in [0.1, 0.15) is 31.7 Å². The van der Waals surface area contributed by atoms with E-state index in [4.69, 9.17) is 11.6 Å². The Morgan fingerprint density at radius 1 is 0.960 bits per heavy atom. The van der Waals surface area contributed by atoms with Crippen LogP contribution in [0.5, 0.6) is 0 Å². The number of hydrogen-bond acceptors (Lipinski definition) is 3. The molecular weight excluding hydrogens is 338 g/mol. The van der Waals surface area contributed by atoms with Gasteiger partial charge in [-0.3, -0.25) is 9.59 Å². The zero-order valence-electron chi connectivity index (χ0n) is 14.0. The van der Waals surface area contributed by atoms with Crippen molar-refractivity contribution in [3.8, 4) is 0 Å². The Morgan fingerprint density at radius 3 is 2.28 bits per heavy atom. The summed E-state index contributed by atoms with van der Waals surface area (Å²) in [6.45, 7) is 1.97. The molecule has 0 unspecified atom stereocenters. The quantitative estimate of drug-likeness (QED) is 0.581. The van der Waals surface area contributed by atoms with Crippen LogP contribution in [0.25, 0.3) is 0 Å². The number of rotatable bonds is 7. The molecule has 0 aliphatic rings. The fourth-order valence-electron chi connectivity index (χ4n) is 2.17. The third-order valence-corrected chi connectivity index (χ3v) is 3.81. The average molecular weight is 358 g/mol. The van der Waals surface area contributed by atoms with Gasteiger partial charge in [0, 0.05) is 12.8 Å². The van der Waals surface area contributed by atoms with Crippen LogP contribution >= 0.6 is 11.6 Å². The summed E-state index contributed by atoms with van der Waals surface area (Å²) in [5.74, 6) is -0.581. The molecular formula is C19H20ClN3O2. The van der Waals surface area contributed by atoms with Gasteiger partial charge in [0.15, 0.2) is 0 Å². The maximum atomic E-state index is 11.9. The van der Waals surface area contributed by atoms with Crippen molar-refractivity contribution in [2.24, 2.45) is 5.10 Å². The minimum absolute atomic E-state index is 0.0472. The van der Waals surface area contributed by atoms with Crippen molar-refractivity contribution in [3.05, 3.63) is 65.2 Å². The van der Waals surface area contributed by atoms with Crippen molar-refractivity contribution in [2.75, 3.05) is 5.32 Å². The zero-order chi connectivity index (χ0) is 18.1. The maximum absolute atomic E-state index is 11.9. The highest BCUT2D eigenvalue weighted by molar-refractivity contribution is 6.33. The normalized spacial score (nSPS) is 11.0. The summed E-state index contributed by atoms with van der Waals surface area (Å²) in [5, 5.41) is 7.29. The van der Waals surface area contributed by atoms with E-state index >= 15 is 0 Å². The average Bonchev–Trinajstić information content (AvgIpc) is 2.63. The number of benzene rings is 2. The second-order valence-corrected chi connectivity index (χ2v) is 5.75. The molecule has 0 radical (unpaired) electrons. The summed E-state index contributed by atoms with van der Waals surface area (Å²) in [6, 6.07) is 16.6. The first-order valence-corrected chi connectivity index (χ1v) is 8.43. The highest BCUT2D eigenvalue weighted by Crippen LogP contribution is 2.20. The number of carbonyl (C=O) groups is 2. The molecule has 130 valence electrons. The number of halogens is 1. The van der Waals surface area contributed by atoms with E-state index in [2.05, 4.69) is 15.8 Å². The Bertz CT molecular complexity index is 760. The third-order valence-electron chi connectivity index (χ3n) is 3.48. The molecule has 2 amide bonds. The van der Waals surface area contributed by atoms with Gasteiger partial charge >= 0.3 is 0 Å². The number of amides is 2. The summed E-state index contributed by atoms with van der Waals surface area (Å²) in [5.41, 5.74) is 4.78. The van der Waals surface area contributed by atoms with Gasteiger partial charge in [-0.15, -0.1) is 0 Å². The number of nitrogens with zero attached hydrogens (tertiary/aromatic N) is 1. The summed E-state index contributed by atoms with van der Waals surface area (Å²) >= 11 is 5.98. The third kappa shape index (κ3) is 6.04. The summed E-state index contributed by atoms with van der Waals surface area (Å²) in [7, 11) is 0. The molecule has 5 nitrogen and oxygen atoms in total. The predicted octanol–water partition coefficient (Wildman–Crippen LogP) is 3.99. The molecule has 0 fully saturated rings. The van der Waals surface area contributed by atoms with Crippen LogP contribution in [-0.2, 0) is 9.59 Å². The number of nitrogens with one attached hydrogen (secondary N) is 2. The highest BCUT2D eigenvalue weighted by Gasteiger charge is 2.09. The van der Waals surface area contributed by atoms with Crippen molar-refractivity contribution in [3.63, 3.8) is 0 Å². The van der Waals surface area contributed by atoms with Crippen LogP contribution in [0.4, 0.5) is 5.69 Å². The van der Waals surface area contributed by atoms with E-state index in [0.717, 1.165) is 11.3 Å².